The second-order valence-corrected chi connectivity index (χ2v) is 32.7. The van der Waals surface area contributed by atoms with Crippen molar-refractivity contribution in [2.75, 3.05) is 39.6 Å². The summed E-state index contributed by atoms with van der Waals surface area (Å²) in [6.07, 6.45) is 61.2. The maximum Gasteiger partial charge on any atom is 0.472 e. The maximum atomic E-state index is 13.1. The highest BCUT2D eigenvalue weighted by Gasteiger charge is 2.30. The molecule has 0 spiro atoms. The van der Waals surface area contributed by atoms with Crippen LogP contribution in [0.4, 0.5) is 0 Å². The van der Waals surface area contributed by atoms with Gasteiger partial charge in [-0.1, -0.05) is 369 Å². The quantitative estimate of drug-likeness (QED) is 0.0222. The zero-order valence-electron chi connectivity index (χ0n) is 64.8. The Hall–Kier alpha value is -1.94. The molecule has 0 amide bonds. The van der Waals surface area contributed by atoms with Crippen molar-refractivity contribution in [3.8, 4) is 0 Å². The van der Waals surface area contributed by atoms with E-state index in [0.717, 1.165) is 108 Å². The number of carbonyl (C=O) groups is 4. The molecule has 17 nitrogen and oxygen atoms in total. The first kappa shape index (κ1) is 97.1. The third-order valence-electron chi connectivity index (χ3n) is 18.7. The molecule has 0 rings (SSSR count). The number of ether oxygens (including phenoxy) is 4. The maximum absolute atomic E-state index is 13.1. The number of aliphatic hydroxyl groups is 1. The molecule has 0 radical (unpaired) electrons. The second-order valence-electron chi connectivity index (χ2n) is 29.8. The van der Waals surface area contributed by atoms with Crippen molar-refractivity contribution in [2.24, 2.45) is 11.8 Å². The van der Waals surface area contributed by atoms with Gasteiger partial charge in [-0.05, 0) is 37.5 Å². The van der Waals surface area contributed by atoms with Gasteiger partial charge < -0.3 is 33.8 Å². The van der Waals surface area contributed by atoms with Gasteiger partial charge in [0.2, 0.25) is 0 Å². The summed E-state index contributed by atoms with van der Waals surface area (Å²) >= 11 is 0. The molecule has 99 heavy (non-hydrogen) atoms. The molecular formula is C80H156O17P2. The van der Waals surface area contributed by atoms with Gasteiger partial charge in [-0.15, -0.1) is 0 Å². The molecule has 0 aromatic heterocycles. The van der Waals surface area contributed by atoms with Crippen molar-refractivity contribution in [3.05, 3.63) is 0 Å². The predicted molar refractivity (Wildman–Crippen MR) is 405 cm³/mol. The second kappa shape index (κ2) is 71.7. The minimum absolute atomic E-state index is 0.106. The Labute approximate surface area is 607 Å². The lowest BCUT2D eigenvalue weighted by atomic mass is 10.0. The Morgan fingerprint density at radius 3 is 0.687 bits per heavy atom. The minimum atomic E-state index is -4.96. The van der Waals surface area contributed by atoms with Crippen LogP contribution in [0.25, 0.3) is 0 Å². The number of rotatable bonds is 79. The summed E-state index contributed by atoms with van der Waals surface area (Å²) in [4.78, 5) is 72.9. The lowest BCUT2D eigenvalue weighted by Crippen LogP contribution is -2.30. The summed E-state index contributed by atoms with van der Waals surface area (Å²) in [5.74, 6) is -0.567. The van der Waals surface area contributed by atoms with Gasteiger partial charge in [-0.2, -0.15) is 0 Å². The minimum Gasteiger partial charge on any atom is -0.462 e. The van der Waals surface area contributed by atoms with Gasteiger partial charge in [0, 0.05) is 25.7 Å². The lowest BCUT2D eigenvalue weighted by Gasteiger charge is -2.21. The summed E-state index contributed by atoms with van der Waals surface area (Å²) in [5, 5.41) is 10.6. The van der Waals surface area contributed by atoms with Crippen molar-refractivity contribution in [2.45, 2.75) is 439 Å². The van der Waals surface area contributed by atoms with Gasteiger partial charge >= 0.3 is 39.5 Å². The fourth-order valence-electron chi connectivity index (χ4n) is 12.4. The molecule has 0 aromatic carbocycles. The molecule has 2 unspecified atom stereocenters. The number of aliphatic hydroxyl groups excluding tert-OH is 1. The van der Waals surface area contributed by atoms with Crippen molar-refractivity contribution in [3.63, 3.8) is 0 Å². The molecule has 0 aromatic rings. The van der Waals surface area contributed by atoms with Crippen LogP contribution in [0.5, 0.6) is 0 Å². The number of esters is 4. The van der Waals surface area contributed by atoms with Crippen molar-refractivity contribution < 1.29 is 80.2 Å². The molecular weight excluding hydrogens is 1290 g/mol. The standard InChI is InChI=1S/C80H156O17P2/c1-7-9-11-13-15-17-18-19-20-21-22-23-24-25-26-27-28-35-40-46-52-58-64-79(84)97-76(69-91-78(83)63-57-51-45-39-34-30-29-32-37-42-48-54-60-72(3)4)71-95-99(88,89)93-67-74(81)66-92-98(86,87)94-70-75(68-90-77(82)62-56-50-44-16-14-12-10-8-2)96-80(85)65-59-53-47-41-36-31-33-38-43-49-55-61-73(5)6/h72-76,81H,7-71H2,1-6H3,(H,86,87)(H,88,89)/t74-,75+,76+/m0/s1. The topological polar surface area (TPSA) is 237 Å². The van der Waals surface area contributed by atoms with E-state index in [1.54, 1.807) is 0 Å². The SMILES string of the molecule is CCCCCCCCCCCCCCCCCCCCCCCCC(=O)O[C@H](COC(=O)CCCCCCCCCCCCCCC(C)C)COP(=O)(O)OC[C@@H](O)COP(=O)(O)OC[C@@H](COC(=O)CCCCCCCCCC)OC(=O)CCCCCCCCCCCCCC(C)C. The molecule has 0 saturated heterocycles. The largest absolute Gasteiger partial charge is 0.472 e. The third-order valence-corrected chi connectivity index (χ3v) is 20.6. The van der Waals surface area contributed by atoms with Crippen LogP contribution in [0.15, 0.2) is 0 Å². The first-order valence-corrected chi connectivity index (χ1v) is 44.5. The van der Waals surface area contributed by atoms with Crippen LogP contribution in [-0.4, -0.2) is 96.7 Å². The Morgan fingerprint density at radius 2 is 0.465 bits per heavy atom. The highest BCUT2D eigenvalue weighted by Crippen LogP contribution is 2.45. The zero-order chi connectivity index (χ0) is 72.8. The first-order chi connectivity index (χ1) is 47.9. The van der Waals surface area contributed by atoms with Gasteiger partial charge in [0.15, 0.2) is 12.2 Å². The van der Waals surface area contributed by atoms with Gasteiger partial charge in [-0.3, -0.25) is 37.3 Å². The molecule has 19 heteroatoms. The Balaban J connectivity index is 5.18. The number of hydrogen-bond acceptors (Lipinski definition) is 15. The van der Waals surface area contributed by atoms with Crippen molar-refractivity contribution in [1.82, 2.24) is 0 Å². The van der Waals surface area contributed by atoms with E-state index >= 15 is 0 Å². The van der Waals surface area contributed by atoms with Gasteiger partial charge in [-0.25, -0.2) is 9.13 Å². The van der Waals surface area contributed by atoms with Crippen LogP contribution in [0.2, 0.25) is 0 Å². The highest BCUT2D eigenvalue weighted by atomic mass is 31.2. The lowest BCUT2D eigenvalue weighted by molar-refractivity contribution is -0.161. The third kappa shape index (κ3) is 74.1. The molecule has 0 saturated carbocycles. The first-order valence-electron chi connectivity index (χ1n) is 41.5. The van der Waals surface area contributed by atoms with Gasteiger partial charge in [0.1, 0.15) is 19.3 Å². The summed E-state index contributed by atoms with van der Waals surface area (Å²) in [7, 11) is -9.91. The molecule has 0 aliphatic rings. The van der Waals surface area contributed by atoms with E-state index < -0.39 is 97.5 Å². The monoisotopic (exact) mass is 1450 g/mol. The fourth-order valence-corrected chi connectivity index (χ4v) is 13.9. The van der Waals surface area contributed by atoms with Crippen molar-refractivity contribution in [1.29, 1.82) is 0 Å². The molecule has 3 N–H and O–H groups in total. The summed E-state index contributed by atoms with van der Waals surface area (Å²) < 4.78 is 68.6. The number of hydrogen-bond donors (Lipinski definition) is 3. The van der Waals surface area contributed by atoms with E-state index in [1.807, 2.05) is 0 Å². The van der Waals surface area contributed by atoms with E-state index in [4.69, 9.17) is 37.0 Å². The number of unbranched alkanes of at least 4 members (excludes halogenated alkanes) is 49. The molecule has 588 valence electrons. The molecule has 0 fully saturated rings. The van der Waals surface area contributed by atoms with E-state index in [1.165, 1.54) is 231 Å². The summed E-state index contributed by atoms with van der Waals surface area (Å²) in [6, 6.07) is 0. The van der Waals surface area contributed by atoms with Crippen LogP contribution in [0.1, 0.15) is 420 Å². The Morgan fingerprint density at radius 1 is 0.273 bits per heavy atom. The van der Waals surface area contributed by atoms with E-state index in [0.29, 0.717) is 25.7 Å². The Kier molecular flexibility index (Phi) is 70.3. The smallest absolute Gasteiger partial charge is 0.462 e. The average molecular weight is 1450 g/mol. The molecule has 0 aliphatic carbocycles. The number of phosphoric acid groups is 2. The molecule has 0 aliphatic heterocycles. The summed E-state index contributed by atoms with van der Waals surface area (Å²) in [6.45, 7) is 9.61. The van der Waals surface area contributed by atoms with E-state index in [2.05, 4.69) is 41.5 Å². The number of carbonyl (C=O) groups excluding carboxylic acids is 4. The zero-order valence-corrected chi connectivity index (χ0v) is 66.6. The molecule has 0 bridgehead atoms. The van der Waals surface area contributed by atoms with Crippen molar-refractivity contribution >= 4 is 39.5 Å². The summed E-state index contributed by atoms with van der Waals surface area (Å²) in [5.41, 5.74) is 0. The van der Waals surface area contributed by atoms with Crippen LogP contribution in [0.3, 0.4) is 0 Å². The van der Waals surface area contributed by atoms with Gasteiger partial charge in [0.05, 0.1) is 26.4 Å². The van der Waals surface area contributed by atoms with Crippen LogP contribution >= 0.6 is 15.6 Å². The highest BCUT2D eigenvalue weighted by molar-refractivity contribution is 7.47. The Bertz CT molecular complexity index is 1910. The van der Waals surface area contributed by atoms with Gasteiger partial charge in [0.25, 0.3) is 0 Å². The van der Waals surface area contributed by atoms with E-state index in [9.17, 15) is 43.2 Å². The molecule has 0 heterocycles. The average Bonchev–Trinajstić information content (AvgIpc) is 0.982. The fraction of sp³-hybridized carbons (Fsp3) is 0.950. The van der Waals surface area contributed by atoms with Crippen LogP contribution < -0.4 is 0 Å². The van der Waals surface area contributed by atoms with Crippen LogP contribution in [0, 0.1) is 11.8 Å². The van der Waals surface area contributed by atoms with E-state index in [-0.39, 0.29) is 25.7 Å². The molecule has 5 atom stereocenters. The normalized spacial score (nSPS) is 13.9. The predicted octanol–water partition coefficient (Wildman–Crippen LogP) is 23.9. The van der Waals surface area contributed by atoms with Crippen LogP contribution in [-0.2, 0) is 65.4 Å². The number of phosphoric ester groups is 2.